The molecule has 2 aromatic carbocycles. The molecule has 1 atom stereocenters. The Morgan fingerprint density at radius 3 is 2.84 bits per heavy atom. The second kappa shape index (κ2) is 6.39. The smallest absolute Gasteiger partial charge is 0.231 e. The van der Waals surface area contributed by atoms with Crippen LogP contribution in [-0.4, -0.2) is 27.3 Å². The summed E-state index contributed by atoms with van der Waals surface area (Å²) in [6, 6.07) is 15.4. The van der Waals surface area contributed by atoms with Gasteiger partial charge in [-0.05, 0) is 30.2 Å². The fourth-order valence-corrected chi connectivity index (χ4v) is 3.05. The predicted octanol–water partition coefficient (Wildman–Crippen LogP) is 2.67. The largest absolute Gasteiger partial charge is 0.492 e. The van der Waals surface area contributed by atoms with E-state index in [2.05, 4.69) is 15.5 Å². The van der Waals surface area contributed by atoms with Gasteiger partial charge < -0.3 is 14.6 Å². The van der Waals surface area contributed by atoms with Crippen LogP contribution in [0.25, 0.3) is 11.4 Å². The summed E-state index contributed by atoms with van der Waals surface area (Å²) in [5, 5.41) is 11.1. The van der Waals surface area contributed by atoms with E-state index in [0.29, 0.717) is 18.9 Å². The molecule has 25 heavy (non-hydrogen) atoms. The van der Waals surface area contributed by atoms with E-state index < -0.39 is 0 Å². The Morgan fingerprint density at radius 2 is 2.00 bits per heavy atom. The molecule has 1 aromatic heterocycles. The number of amides is 1. The molecule has 2 heterocycles. The second-order valence-corrected chi connectivity index (χ2v) is 6.12. The molecule has 0 fully saturated rings. The maximum atomic E-state index is 12.8. The summed E-state index contributed by atoms with van der Waals surface area (Å²) in [7, 11) is 1.87. The Hall–Kier alpha value is -3.15. The molecule has 1 aliphatic rings. The highest BCUT2D eigenvalue weighted by atomic mass is 16.5. The molecule has 6 nitrogen and oxygen atoms in total. The van der Waals surface area contributed by atoms with Crippen LogP contribution >= 0.6 is 0 Å². The summed E-state index contributed by atoms with van der Waals surface area (Å²) >= 11 is 0. The van der Waals surface area contributed by atoms with E-state index in [9.17, 15) is 4.79 Å². The molecule has 0 bridgehead atoms. The summed E-state index contributed by atoms with van der Waals surface area (Å²) in [6.45, 7) is 0.384. The monoisotopic (exact) mass is 334 g/mol. The highest BCUT2D eigenvalue weighted by Gasteiger charge is 2.26. The van der Waals surface area contributed by atoms with E-state index in [-0.39, 0.29) is 11.8 Å². The van der Waals surface area contributed by atoms with Crippen molar-refractivity contribution in [1.82, 2.24) is 14.8 Å². The summed E-state index contributed by atoms with van der Waals surface area (Å²) in [4.78, 5) is 12.8. The molecule has 4 rings (SSSR count). The number of hydrogen-bond acceptors (Lipinski definition) is 4. The van der Waals surface area contributed by atoms with Gasteiger partial charge in [0.1, 0.15) is 18.7 Å². The lowest BCUT2D eigenvalue weighted by Gasteiger charge is -2.24. The number of ether oxygens (including phenoxy) is 1. The predicted molar refractivity (Wildman–Crippen MR) is 94.2 cm³/mol. The highest BCUT2D eigenvalue weighted by Crippen LogP contribution is 2.29. The molecule has 0 radical (unpaired) electrons. The van der Waals surface area contributed by atoms with Crippen LogP contribution in [-0.2, 0) is 18.3 Å². The zero-order valence-corrected chi connectivity index (χ0v) is 13.8. The zero-order chi connectivity index (χ0) is 17.2. The molecule has 3 aromatic rings. The van der Waals surface area contributed by atoms with E-state index in [1.54, 1.807) is 6.33 Å². The molecule has 1 aliphatic heterocycles. The second-order valence-electron chi connectivity index (χ2n) is 6.12. The number of fused-ring (bicyclic) bond motifs is 1. The number of carbonyl (C=O) groups is 1. The van der Waals surface area contributed by atoms with Gasteiger partial charge in [0.25, 0.3) is 0 Å². The van der Waals surface area contributed by atoms with E-state index >= 15 is 0 Å². The van der Waals surface area contributed by atoms with Crippen molar-refractivity contribution in [1.29, 1.82) is 0 Å². The van der Waals surface area contributed by atoms with Gasteiger partial charge in [-0.15, -0.1) is 10.2 Å². The SMILES string of the molecule is Cn1cnnc1-c1ccccc1NC(=O)C1COc2ccccc2C1. The quantitative estimate of drug-likeness (QED) is 0.799. The van der Waals surface area contributed by atoms with Crippen LogP contribution < -0.4 is 10.1 Å². The lowest BCUT2D eigenvalue weighted by molar-refractivity contribution is -0.121. The van der Waals surface area contributed by atoms with E-state index in [1.165, 1.54) is 0 Å². The number of para-hydroxylation sites is 2. The van der Waals surface area contributed by atoms with Gasteiger partial charge in [-0.25, -0.2) is 0 Å². The van der Waals surface area contributed by atoms with Crippen molar-refractivity contribution < 1.29 is 9.53 Å². The molecule has 0 spiro atoms. The lowest BCUT2D eigenvalue weighted by atomic mass is 9.96. The molecule has 0 saturated carbocycles. The Bertz CT molecular complexity index is 919. The third-order valence-electron chi connectivity index (χ3n) is 4.39. The first-order chi connectivity index (χ1) is 12.2. The third kappa shape index (κ3) is 2.98. The van der Waals surface area contributed by atoms with Gasteiger partial charge in [-0.2, -0.15) is 0 Å². The molecule has 1 N–H and O–H groups in total. The zero-order valence-electron chi connectivity index (χ0n) is 13.8. The number of nitrogens with one attached hydrogen (secondary N) is 1. The number of anilines is 1. The van der Waals surface area contributed by atoms with Crippen molar-refractivity contribution in [3.8, 4) is 17.1 Å². The molecule has 0 saturated heterocycles. The number of aryl methyl sites for hydroxylation is 1. The molecule has 1 amide bonds. The van der Waals surface area contributed by atoms with E-state index in [4.69, 9.17) is 4.74 Å². The van der Waals surface area contributed by atoms with E-state index in [0.717, 1.165) is 22.6 Å². The number of aromatic nitrogens is 3. The molecule has 6 heteroatoms. The van der Waals surface area contributed by atoms with Crippen molar-refractivity contribution in [2.24, 2.45) is 13.0 Å². The first-order valence-electron chi connectivity index (χ1n) is 8.17. The maximum Gasteiger partial charge on any atom is 0.231 e. The van der Waals surface area contributed by atoms with Crippen molar-refractivity contribution >= 4 is 11.6 Å². The number of nitrogens with zero attached hydrogens (tertiary/aromatic N) is 3. The highest BCUT2D eigenvalue weighted by molar-refractivity contribution is 5.96. The van der Waals surface area contributed by atoms with Gasteiger partial charge in [0.05, 0.1) is 11.6 Å². The minimum Gasteiger partial charge on any atom is -0.492 e. The standard InChI is InChI=1S/C19H18N4O2/c1-23-12-20-22-18(23)15-7-3-4-8-16(15)21-19(24)14-10-13-6-2-5-9-17(13)25-11-14/h2-9,12,14H,10-11H2,1H3,(H,21,24). The molecule has 126 valence electrons. The minimum absolute atomic E-state index is 0.0517. The number of benzene rings is 2. The average Bonchev–Trinajstić information content (AvgIpc) is 3.07. The number of rotatable bonds is 3. The van der Waals surface area contributed by atoms with Crippen LogP contribution in [0.2, 0.25) is 0 Å². The van der Waals surface area contributed by atoms with Crippen LogP contribution in [0.4, 0.5) is 5.69 Å². The normalized spacial score (nSPS) is 16.0. The summed E-state index contributed by atoms with van der Waals surface area (Å²) in [6.07, 6.45) is 2.31. The van der Waals surface area contributed by atoms with Crippen molar-refractivity contribution in [2.75, 3.05) is 11.9 Å². The molecular weight excluding hydrogens is 316 g/mol. The molecule has 1 unspecified atom stereocenters. The van der Waals surface area contributed by atoms with Gasteiger partial charge >= 0.3 is 0 Å². The summed E-state index contributed by atoms with van der Waals surface area (Å²) in [5.41, 5.74) is 2.63. The fourth-order valence-electron chi connectivity index (χ4n) is 3.05. The topological polar surface area (TPSA) is 69.0 Å². The van der Waals surface area contributed by atoms with Gasteiger partial charge in [-0.3, -0.25) is 4.79 Å². The van der Waals surface area contributed by atoms with E-state index in [1.807, 2.05) is 60.1 Å². The summed E-state index contributed by atoms with van der Waals surface area (Å²) < 4.78 is 7.55. The van der Waals surface area contributed by atoms with Crippen molar-refractivity contribution in [3.05, 3.63) is 60.4 Å². The van der Waals surface area contributed by atoms with Crippen LogP contribution in [0, 0.1) is 5.92 Å². The first-order valence-corrected chi connectivity index (χ1v) is 8.17. The lowest BCUT2D eigenvalue weighted by Crippen LogP contribution is -2.32. The van der Waals surface area contributed by atoms with Crippen LogP contribution in [0.1, 0.15) is 5.56 Å². The van der Waals surface area contributed by atoms with Gasteiger partial charge in [0, 0.05) is 12.6 Å². The Morgan fingerprint density at radius 1 is 1.20 bits per heavy atom. The van der Waals surface area contributed by atoms with Crippen molar-refractivity contribution in [3.63, 3.8) is 0 Å². The Labute approximate surface area is 145 Å². The average molecular weight is 334 g/mol. The van der Waals surface area contributed by atoms with Gasteiger partial charge in [0.15, 0.2) is 5.82 Å². The van der Waals surface area contributed by atoms with Gasteiger partial charge in [0.2, 0.25) is 5.91 Å². The Balaban J connectivity index is 1.56. The first kappa shape index (κ1) is 15.4. The number of carbonyl (C=O) groups excluding carboxylic acids is 1. The Kier molecular flexibility index (Phi) is 3.93. The summed E-state index contributed by atoms with van der Waals surface area (Å²) in [5.74, 6) is 1.30. The fraction of sp³-hybridized carbons (Fsp3) is 0.211. The van der Waals surface area contributed by atoms with Crippen LogP contribution in [0.15, 0.2) is 54.9 Å². The minimum atomic E-state index is -0.220. The van der Waals surface area contributed by atoms with Crippen molar-refractivity contribution in [2.45, 2.75) is 6.42 Å². The van der Waals surface area contributed by atoms with Crippen LogP contribution in [0.3, 0.4) is 0 Å². The van der Waals surface area contributed by atoms with Gasteiger partial charge in [-0.1, -0.05) is 30.3 Å². The molecule has 0 aliphatic carbocycles. The third-order valence-corrected chi connectivity index (χ3v) is 4.39. The maximum absolute atomic E-state index is 12.8. The number of hydrogen-bond donors (Lipinski definition) is 1. The van der Waals surface area contributed by atoms with Crippen LogP contribution in [0.5, 0.6) is 5.75 Å². The molecular formula is C19H18N4O2.